The van der Waals surface area contributed by atoms with Crippen molar-refractivity contribution in [3.05, 3.63) is 36.9 Å². The lowest BCUT2D eigenvalue weighted by atomic mass is 9.70. The maximum atomic E-state index is 14.5. The van der Waals surface area contributed by atoms with Gasteiger partial charge in [-0.15, -0.1) is 6.58 Å². The smallest absolute Gasteiger partial charge is 0.310 e. The molecule has 3 aliphatic rings. The molecule has 2 bridgehead atoms. The second-order valence-electron chi connectivity index (χ2n) is 11.0. The van der Waals surface area contributed by atoms with E-state index in [4.69, 9.17) is 4.74 Å². The lowest BCUT2D eigenvalue weighted by Crippen LogP contribution is -2.59. The third kappa shape index (κ3) is 4.49. The number of nitrogens with zero attached hydrogens (tertiary/aromatic N) is 3. The van der Waals surface area contributed by atoms with Crippen molar-refractivity contribution in [3.63, 3.8) is 0 Å². The third-order valence-corrected chi connectivity index (χ3v) is 8.47. The number of fused-ring (bicyclic) bond motifs is 1. The lowest BCUT2D eigenvalue weighted by molar-refractivity contribution is -0.151. The van der Waals surface area contributed by atoms with E-state index < -0.39 is 47.5 Å². The zero-order chi connectivity index (χ0) is 27.8. The predicted octanol–water partition coefficient (Wildman–Crippen LogP) is 2.92. The normalized spacial score (nSPS) is 28.5. The van der Waals surface area contributed by atoms with Crippen molar-refractivity contribution in [2.75, 3.05) is 36.0 Å². The maximum absolute atomic E-state index is 14.5. The Morgan fingerprint density at radius 1 is 1.21 bits per heavy atom. The summed E-state index contributed by atoms with van der Waals surface area (Å²) in [5.74, 6) is -3.64. The van der Waals surface area contributed by atoms with Crippen molar-refractivity contribution in [3.8, 4) is 0 Å². The van der Waals surface area contributed by atoms with Gasteiger partial charge in [-0.1, -0.05) is 19.9 Å². The van der Waals surface area contributed by atoms with Crippen molar-refractivity contribution < 1.29 is 29.3 Å². The SMILES string of the molecule is C=CCN(C(=O)[C@@H]1N([C@@H](CO)CC(C)C)C(=O)[C@H]2[C@H](C(=O)O)[C@@H]3CC[C@]12O3)c1ccc(N(CC)CC)cc1. The molecular weight excluding hydrogens is 486 g/mol. The highest BCUT2D eigenvalue weighted by atomic mass is 16.5. The van der Waals surface area contributed by atoms with Gasteiger partial charge in [0.25, 0.3) is 5.91 Å². The maximum Gasteiger partial charge on any atom is 0.310 e. The molecule has 0 radical (unpaired) electrons. The molecule has 3 heterocycles. The number of anilines is 2. The largest absolute Gasteiger partial charge is 0.481 e. The second-order valence-corrected chi connectivity index (χ2v) is 11.0. The Kier molecular flexibility index (Phi) is 8.18. The van der Waals surface area contributed by atoms with Crippen LogP contribution in [0.1, 0.15) is 47.0 Å². The topological polar surface area (TPSA) is 111 Å². The molecule has 0 saturated carbocycles. The molecule has 3 fully saturated rings. The van der Waals surface area contributed by atoms with Crippen LogP contribution in [-0.4, -0.2) is 82.9 Å². The number of aliphatic carboxylic acids is 1. The molecule has 9 heteroatoms. The summed E-state index contributed by atoms with van der Waals surface area (Å²) in [5, 5.41) is 20.4. The molecule has 208 valence electrons. The Hall–Kier alpha value is -2.91. The summed E-state index contributed by atoms with van der Waals surface area (Å²) in [7, 11) is 0. The molecule has 3 saturated heterocycles. The van der Waals surface area contributed by atoms with Crippen molar-refractivity contribution in [1.29, 1.82) is 0 Å². The molecule has 9 nitrogen and oxygen atoms in total. The zero-order valence-corrected chi connectivity index (χ0v) is 22.9. The van der Waals surface area contributed by atoms with Crippen molar-refractivity contribution >= 4 is 29.2 Å². The minimum absolute atomic E-state index is 0.151. The van der Waals surface area contributed by atoms with Crippen LogP contribution in [0.2, 0.25) is 0 Å². The molecule has 3 aliphatic heterocycles. The number of amides is 2. The van der Waals surface area contributed by atoms with E-state index in [-0.39, 0.29) is 25.0 Å². The Balaban J connectivity index is 1.78. The molecule has 2 N–H and O–H groups in total. The van der Waals surface area contributed by atoms with E-state index in [9.17, 15) is 24.6 Å². The number of aliphatic hydroxyl groups is 1. The van der Waals surface area contributed by atoms with Gasteiger partial charge in [-0.3, -0.25) is 14.4 Å². The first-order valence-corrected chi connectivity index (χ1v) is 13.8. The predicted molar refractivity (Wildman–Crippen MR) is 145 cm³/mol. The number of carboxylic acid groups (broad SMARTS) is 1. The van der Waals surface area contributed by atoms with Crippen LogP contribution in [0.3, 0.4) is 0 Å². The van der Waals surface area contributed by atoms with E-state index in [1.165, 1.54) is 4.90 Å². The van der Waals surface area contributed by atoms with Crippen LogP contribution in [0.4, 0.5) is 11.4 Å². The van der Waals surface area contributed by atoms with Crippen LogP contribution >= 0.6 is 0 Å². The van der Waals surface area contributed by atoms with Crippen LogP contribution in [0.25, 0.3) is 0 Å². The van der Waals surface area contributed by atoms with E-state index in [2.05, 4.69) is 25.3 Å². The van der Waals surface area contributed by atoms with Crippen LogP contribution < -0.4 is 9.80 Å². The molecule has 0 aliphatic carbocycles. The van der Waals surface area contributed by atoms with Crippen LogP contribution in [-0.2, 0) is 19.1 Å². The Morgan fingerprint density at radius 3 is 2.37 bits per heavy atom. The minimum Gasteiger partial charge on any atom is -0.481 e. The van der Waals surface area contributed by atoms with Crippen molar-refractivity contribution in [1.82, 2.24) is 4.90 Å². The Bertz CT molecular complexity index is 1050. The minimum atomic E-state index is -1.23. The number of rotatable bonds is 12. The van der Waals surface area contributed by atoms with Gasteiger partial charge in [-0.2, -0.15) is 0 Å². The van der Waals surface area contributed by atoms with E-state index in [1.807, 2.05) is 38.1 Å². The molecule has 0 unspecified atom stereocenters. The number of carbonyl (C=O) groups excluding carboxylic acids is 2. The fourth-order valence-electron chi connectivity index (χ4n) is 6.90. The van der Waals surface area contributed by atoms with Crippen LogP contribution in [0, 0.1) is 17.8 Å². The fourth-order valence-corrected chi connectivity index (χ4v) is 6.90. The number of aliphatic hydroxyl groups excluding tert-OH is 1. The summed E-state index contributed by atoms with van der Waals surface area (Å²) in [5.41, 5.74) is 0.470. The van der Waals surface area contributed by atoms with Gasteiger partial charge in [0.1, 0.15) is 11.6 Å². The second kappa shape index (κ2) is 11.1. The molecule has 38 heavy (non-hydrogen) atoms. The highest BCUT2D eigenvalue weighted by molar-refractivity contribution is 6.04. The van der Waals surface area contributed by atoms with E-state index in [0.717, 1.165) is 18.8 Å². The van der Waals surface area contributed by atoms with E-state index in [0.29, 0.717) is 24.9 Å². The zero-order valence-electron chi connectivity index (χ0n) is 22.9. The number of ether oxygens (including phenoxy) is 1. The first kappa shape index (κ1) is 28.1. The summed E-state index contributed by atoms with van der Waals surface area (Å²) < 4.78 is 6.33. The molecular formula is C29H41N3O6. The quantitative estimate of drug-likeness (QED) is 0.402. The summed E-state index contributed by atoms with van der Waals surface area (Å²) in [4.78, 5) is 46.0. The Morgan fingerprint density at radius 2 is 1.84 bits per heavy atom. The standard InChI is InChI=1S/C29H41N3O6/c1-6-15-31(20-11-9-19(10-12-20)30(7-2)8-3)27(35)25-29-14-13-22(38-29)23(28(36)37)24(29)26(34)32(25)21(17-33)16-18(4)5/h6,9-12,18,21-25,33H,1,7-8,13-17H2,2-5H3,(H,36,37)/t21-,22+,23-,24-,25+,29-/m1/s1. The summed E-state index contributed by atoms with van der Waals surface area (Å²) >= 11 is 0. The van der Waals surface area contributed by atoms with Gasteiger partial charge in [0, 0.05) is 31.0 Å². The van der Waals surface area contributed by atoms with Crippen molar-refractivity contribution in [2.24, 2.45) is 17.8 Å². The molecule has 1 aromatic rings. The molecule has 0 aromatic heterocycles. The number of benzene rings is 1. The molecule has 1 spiro atoms. The van der Waals surface area contributed by atoms with E-state index >= 15 is 0 Å². The van der Waals surface area contributed by atoms with Gasteiger partial charge in [0.15, 0.2) is 0 Å². The highest BCUT2D eigenvalue weighted by Crippen LogP contribution is 2.59. The number of carboxylic acids is 1. The molecule has 1 aromatic carbocycles. The van der Waals surface area contributed by atoms with Crippen LogP contribution in [0.15, 0.2) is 36.9 Å². The molecule has 2 amide bonds. The fraction of sp³-hybridized carbons (Fsp3) is 0.621. The molecule has 4 rings (SSSR count). The summed E-state index contributed by atoms with van der Waals surface area (Å²) in [6.45, 7) is 13.6. The van der Waals surface area contributed by atoms with Gasteiger partial charge >= 0.3 is 5.97 Å². The molecule has 6 atom stereocenters. The van der Waals surface area contributed by atoms with Gasteiger partial charge in [-0.25, -0.2) is 0 Å². The summed E-state index contributed by atoms with van der Waals surface area (Å²) in [6.07, 6.45) is 2.42. The lowest BCUT2D eigenvalue weighted by Gasteiger charge is -2.39. The first-order chi connectivity index (χ1) is 18.1. The monoisotopic (exact) mass is 527 g/mol. The van der Waals surface area contributed by atoms with Gasteiger partial charge in [0.2, 0.25) is 5.91 Å². The third-order valence-electron chi connectivity index (χ3n) is 8.47. The van der Waals surface area contributed by atoms with Crippen LogP contribution in [0.5, 0.6) is 0 Å². The number of hydrogen-bond acceptors (Lipinski definition) is 6. The number of hydrogen-bond donors (Lipinski definition) is 2. The average molecular weight is 528 g/mol. The van der Waals surface area contributed by atoms with Gasteiger partial charge < -0.3 is 29.6 Å². The average Bonchev–Trinajstić information content (AvgIpc) is 3.54. The Labute approximate surface area is 225 Å². The number of likely N-dealkylation sites (tertiary alicyclic amines) is 1. The highest BCUT2D eigenvalue weighted by Gasteiger charge is 2.75. The van der Waals surface area contributed by atoms with Gasteiger partial charge in [-0.05, 0) is 63.3 Å². The van der Waals surface area contributed by atoms with E-state index in [1.54, 1.807) is 11.0 Å². The van der Waals surface area contributed by atoms with Crippen molar-refractivity contribution in [2.45, 2.75) is 70.7 Å². The number of carbonyl (C=O) groups is 3. The summed E-state index contributed by atoms with van der Waals surface area (Å²) in [6, 6.07) is 6.05. The first-order valence-electron chi connectivity index (χ1n) is 13.8. The van der Waals surface area contributed by atoms with Gasteiger partial charge in [0.05, 0.1) is 30.6 Å².